The van der Waals surface area contributed by atoms with Crippen molar-refractivity contribution >= 4 is 5.69 Å². The monoisotopic (exact) mass is 326 g/mol. The van der Waals surface area contributed by atoms with Gasteiger partial charge in [-0.15, -0.1) is 0 Å². The van der Waals surface area contributed by atoms with Crippen LogP contribution < -0.4 is 20.1 Å². The molecular formula is C20H26N2O2. The number of hydrogen-bond acceptors (Lipinski definition) is 4. The van der Waals surface area contributed by atoms with Crippen LogP contribution in [0.4, 0.5) is 5.69 Å². The van der Waals surface area contributed by atoms with Crippen molar-refractivity contribution in [1.29, 1.82) is 0 Å². The van der Waals surface area contributed by atoms with Crippen molar-refractivity contribution in [3.8, 4) is 11.5 Å². The Kier molecular flexibility index (Phi) is 5.26. The molecule has 1 fully saturated rings. The fraction of sp³-hybridized carbons (Fsp3) is 0.400. The van der Waals surface area contributed by atoms with Crippen molar-refractivity contribution in [1.82, 2.24) is 0 Å². The zero-order valence-corrected chi connectivity index (χ0v) is 14.4. The molecule has 128 valence electrons. The summed E-state index contributed by atoms with van der Waals surface area (Å²) in [5, 5.41) is 0. The Morgan fingerprint density at radius 3 is 2.58 bits per heavy atom. The molecule has 0 bridgehead atoms. The van der Waals surface area contributed by atoms with E-state index in [0.29, 0.717) is 12.5 Å². The average molecular weight is 326 g/mol. The van der Waals surface area contributed by atoms with Gasteiger partial charge in [-0.2, -0.15) is 0 Å². The van der Waals surface area contributed by atoms with Gasteiger partial charge in [-0.1, -0.05) is 12.1 Å². The summed E-state index contributed by atoms with van der Waals surface area (Å²) in [6, 6.07) is 16.8. The second kappa shape index (κ2) is 7.58. The van der Waals surface area contributed by atoms with Crippen LogP contribution in [0.15, 0.2) is 48.5 Å². The minimum atomic E-state index is 0.168. The number of benzene rings is 2. The summed E-state index contributed by atoms with van der Waals surface area (Å²) < 4.78 is 10.9. The van der Waals surface area contributed by atoms with Gasteiger partial charge < -0.3 is 20.1 Å². The largest absolute Gasteiger partial charge is 0.497 e. The van der Waals surface area contributed by atoms with Crippen LogP contribution in [0.1, 0.15) is 24.8 Å². The van der Waals surface area contributed by atoms with Crippen LogP contribution in [0, 0.1) is 0 Å². The van der Waals surface area contributed by atoms with Gasteiger partial charge in [0, 0.05) is 30.7 Å². The van der Waals surface area contributed by atoms with E-state index in [-0.39, 0.29) is 6.04 Å². The summed E-state index contributed by atoms with van der Waals surface area (Å²) in [6.45, 7) is 4.53. The van der Waals surface area contributed by atoms with Gasteiger partial charge in [-0.05, 0) is 55.3 Å². The molecule has 1 saturated heterocycles. The summed E-state index contributed by atoms with van der Waals surface area (Å²) in [7, 11) is 1.71. The first-order valence-electron chi connectivity index (χ1n) is 8.57. The van der Waals surface area contributed by atoms with Crippen molar-refractivity contribution in [2.45, 2.75) is 25.3 Å². The highest BCUT2D eigenvalue weighted by molar-refractivity contribution is 5.50. The highest BCUT2D eigenvalue weighted by Crippen LogP contribution is 2.31. The quantitative estimate of drug-likeness (QED) is 0.914. The topological polar surface area (TPSA) is 47.7 Å². The molecule has 2 unspecified atom stereocenters. The van der Waals surface area contributed by atoms with Gasteiger partial charge in [0.15, 0.2) is 0 Å². The van der Waals surface area contributed by atoms with Gasteiger partial charge in [0.1, 0.15) is 11.5 Å². The van der Waals surface area contributed by atoms with E-state index in [4.69, 9.17) is 15.2 Å². The van der Waals surface area contributed by atoms with E-state index < -0.39 is 0 Å². The van der Waals surface area contributed by atoms with Crippen molar-refractivity contribution in [3.63, 3.8) is 0 Å². The third-order valence-corrected chi connectivity index (χ3v) is 4.56. The predicted molar refractivity (Wildman–Crippen MR) is 98.2 cm³/mol. The van der Waals surface area contributed by atoms with Crippen molar-refractivity contribution in [2.24, 2.45) is 5.73 Å². The predicted octanol–water partition coefficient (Wildman–Crippen LogP) is 3.42. The minimum absolute atomic E-state index is 0.168. The molecule has 1 heterocycles. The number of hydrogen-bond donors (Lipinski definition) is 1. The molecule has 4 heteroatoms. The molecule has 0 saturated carbocycles. The van der Waals surface area contributed by atoms with Crippen LogP contribution in [0.25, 0.3) is 0 Å². The number of nitrogens with two attached hydrogens (primary N) is 1. The average Bonchev–Trinajstić information content (AvgIpc) is 2.62. The van der Waals surface area contributed by atoms with Crippen molar-refractivity contribution in [3.05, 3.63) is 54.1 Å². The Morgan fingerprint density at radius 1 is 1.08 bits per heavy atom. The van der Waals surface area contributed by atoms with Gasteiger partial charge in [0.2, 0.25) is 0 Å². The standard InChI is InChI=1S/C20H26N2O2/c1-3-24-19-9-7-18(8-10-19)22-13-16(11-17(21)14-22)15-5-4-6-20(12-15)23-2/h4-10,12,16-17H,3,11,13-14,21H2,1-2H3. The minimum Gasteiger partial charge on any atom is -0.497 e. The molecule has 3 rings (SSSR count). The molecule has 4 nitrogen and oxygen atoms in total. The molecule has 0 aromatic heterocycles. The molecule has 0 aliphatic carbocycles. The fourth-order valence-corrected chi connectivity index (χ4v) is 3.41. The number of ether oxygens (including phenoxy) is 2. The Labute approximate surface area is 144 Å². The number of nitrogens with zero attached hydrogens (tertiary/aromatic N) is 1. The summed E-state index contributed by atoms with van der Waals surface area (Å²) >= 11 is 0. The summed E-state index contributed by atoms with van der Waals surface area (Å²) in [4.78, 5) is 2.37. The highest BCUT2D eigenvalue weighted by Gasteiger charge is 2.26. The van der Waals surface area contributed by atoms with Crippen LogP contribution in [0.2, 0.25) is 0 Å². The Balaban J connectivity index is 1.77. The van der Waals surface area contributed by atoms with Crippen LogP contribution in [0.3, 0.4) is 0 Å². The Morgan fingerprint density at radius 2 is 1.88 bits per heavy atom. The molecule has 0 radical (unpaired) electrons. The van der Waals surface area contributed by atoms with E-state index in [9.17, 15) is 0 Å². The third-order valence-electron chi connectivity index (χ3n) is 4.56. The van der Waals surface area contributed by atoms with Crippen molar-refractivity contribution in [2.75, 3.05) is 31.7 Å². The number of piperidine rings is 1. The molecule has 0 spiro atoms. The molecule has 1 aliphatic heterocycles. The maximum Gasteiger partial charge on any atom is 0.119 e. The molecule has 2 aromatic carbocycles. The lowest BCUT2D eigenvalue weighted by Crippen LogP contribution is -2.46. The van der Waals surface area contributed by atoms with E-state index in [1.165, 1.54) is 11.3 Å². The molecule has 2 aromatic rings. The molecular weight excluding hydrogens is 300 g/mol. The first kappa shape index (κ1) is 16.7. The number of anilines is 1. The van der Waals surface area contributed by atoms with E-state index in [0.717, 1.165) is 31.0 Å². The first-order valence-corrected chi connectivity index (χ1v) is 8.57. The van der Waals surface area contributed by atoms with Gasteiger partial charge >= 0.3 is 0 Å². The van der Waals surface area contributed by atoms with Crippen molar-refractivity contribution < 1.29 is 9.47 Å². The van der Waals surface area contributed by atoms with E-state index >= 15 is 0 Å². The third kappa shape index (κ3) is 3.82. The van der Waals surface area contributed by atoms with Gasteiger partial charge in [-0.25, -0.2) is 0 Å². The maximum atomic E-state index is 6.34. The molecule has 0 amide bonds. The second-order valence-electron chi connectivity index (χ2n) is 6.30. The van der Waals surface area contributed by atoms with E-state index in [1.54, 1.807) is 7.11 Å². The first-order chi connectivity index (χ1) is 11.7. The number of rotatable bonds is 5. The lowest BCUT2D eigenvalue weighted by atomic mass is 9.88. The van der Waals surface area contributed by atoms with Gasteiger partial charge in [-0.3, -0.25) is 0 Å². The lowest BCUT2D eigenvalue weighted by Gasteiger charge is -2.38. The summed E-state index contributed by atoms with van der Waals surface area (Å²) in [5.74, 6) is 2.22. The maximum absolute atomic E-state index is 6.34. The van der Waals surface area contributed by atoms with Crippen LogP contribution >= 0.6 is 0 Å². The smallest absolute Gasteiger partial charge is 0.119 e. The van der Waals surface area contributed by atoms with Crippen LogP contribution in [-0.4, -0.2) is 32.8 Å². The SMILES string of the molecule is CCOc1ccc(N2CC(N)CC(c3cccc(OC)c3)C2)cc1. The van der Waals surface area contributed by atoms with E-state index in [2.05, 4.69) is 35.2 Å². The van der Waals surface area contributed by atoms with Gasteiger partial charge in [0.25, 0.3) is 0 Å². The van der Waals surface area contributed by atoms with E-state index in [1.807, 2.05) is 25.1 Å². The van der Waals surface area contributed by atoms with Crippen LogP contribution in [0.5, 0.6) is 11.5 Å². The normalized spacial score (nSPS) is 20.7. The van der Waals surface area contributed by atoms with Gasteiger partial charge in [0.05, 0.1) is 13.7 Å². The molecule has 2 N–H and O–H groups in total. The molecule has 1 aliphatic rings. The lowest BCUT2D eigenvalue weighted by molar-refractivity contribution is 0.340. The summed E-state index contributed by atoms with van der Waals surface area (Å²) in [6.07, 6.45) is 1.00. The zero-order valence-electron chi connectivity index (χ0n) is 14.4. The molecule has 2 atom stereocenters. The number of methoxy groups -OCH3 is 1. The fourth-order valence-electron chi connectivity index (χ4n) is 3.41. The Bertz CT molecular complexity index is 657. The van der Waals surface area contributed by atoms with Crippen LogP contribution in [-0.2, 0) is 0 Å². The molecule has 24 heavy (non-hydrogen) atoms. The summed E-state index contributed by atoms with van der Waals surface area (Å²) in [5.41, 5.74) is 8.83. The highest BCUT2D eigenvalue weighted by atomic mass is 16.5. The zero-order chi connectivity index (χ0) is 16.9. The second-order valence-corrected chi connectivity index (χ2v) is 6.30. The Hall–Kier alpha value is -2.20.